The van der Waals surface area contributed by atoms with Gasteiger partial charge in [-0.1, -0.05) is 17.7 Å². The first-order valence-electron chi connectivity index (χ1n) is 7.71. The fourth-order valence-electron chi connectivity index (χ4n) is 2.54. The number of carbonyl (C=O) groups is 1. The Balaban J connectivity index is 2.23. The zero-order valence-corrected chi connectivity index (χ0v) is 13.6. The van der Waals surface area contributed by atoms with Gasteiger partial charge in [-0.05, 0) is 45.7 Å². The van der Waals surface area contributed by atoms with Crippen LogP contribution < -0.4 is 15.5 Å². The first-order chi connectivity index (χ1) is 9.85. The maximum absolute atomic E-state index is 11.8. The van der Waals surface area contributed by atoms with Crippen LogP contribution >= 0.6 is 0 Å². The van der Waals surface area contributed by atoms with Crippen LogP contribution in [-0.2, 0) is 11.3 Å². The van der Waals surface area contributed by atoms with E-state index < -0.39 is 0 Å². The van der Waals surface area contributed by atoms with Crippen LogP contribution in [0.1, 0.15) is 38.3 Å². The summed E-state index contributed by atoms with van der Waals surface area (Å²) >= 11 is 0. The summed E-state index contributed by atoms with van der Waals surface area (Å²) in [6, 6.07) is 6.49. The lowest BCUT2D eigenvalue weighted by molar-refractivity contribution is -0.119. The van der Waals surface area contributed by atoms with Crippen molar-refractivity contribution in [2.24, 2.45) is 0 Å². The molecule has 1 heterocycles. The van der Waals surface area contributed by atoms with Gasteiger partial charge in [0, 0.05) is 30.9 Å². The van der Waals surface area contributed by atoms with Gasteiger partial charge in [0.1, 0.15) is 0 Å². The van der Waals surface area contributed by atoms with Crippen molar-refractivity contribution in [3.05, 3.63) is 29.3 Å². The predicted molar refractivity (Wildman–Crippen MR) is 87.6 cm³/mol. The average Bonchev–Trinajstić information content (AvgIpc) is 2.60. The van der Waals surface area contributed by atoms with E-state index >= 15 is 0 Å². The lowest BCUT2D eigenvalue weighted by Gasteiger charge is -2.27. The predicted octanol–water partition coefficient (Wildman–Crippen LogP) is 2.21. The average molecular weight is 289 g/mol. The van der Waals surface area contributed by atoms with Gasteiger partial charge in [0.25, 0.3) is 0 Å². The molecule has 2 rings (SSSR count). The Hall–Kier alpha value is -1.55. The maximum atomic E-state index is 11.8. The Morgan fingerprint density at radius 3 is 2.81 bits per heavy atom. The molecule has 1 aliphatic heterocycles. The maximum Gasteiger partial charge on any atom is 0.239 e. The van der Waals surface area contributed by atoms with Gasteiger partial charge in [0.15, 0.2) is 0 Å². The number of amides is 1. The van der Waals surface area contributed by atoms with E-state index in [1.807, 2.05) is 0 Å². The van der Waals surface area contributed by atoms with Crippen molar-refractivity contribution >= 4 is 11.6 Å². The Labute approximate surface area is 127 Å². The Morgan fingerprint density at radius 2 is 2.10 bits per heavy atom. The molecule has 0 saturated carbocycles. The molecule has 0 atom stereocenters. The standard InChI is InChI=1S/C17H27N3O/c1-13-6-7-15(14(10-13)11-19-17(2,3)4)20-9-5-8-18-16(21)12-20/h6-7,10,19H,5,8-9,11-12H2,1-4H3,(H,18,21). The van der Waals surface area contributed by atoms with Crippen molar-refractivity contribution in [2.45, 2.75) is 46.2 Å². The van der Waals surface area contributed by atoms with Gasteiger partial charge < -0.3 is 15.5 Å². The summed E-state index contributed by atoms with van der Waals surface area (Å²) in [6.45, 7) is 11.6. The molecule has 116 valence electrons. The van der Waals surface area contributed by atoms with Crippen LogP contribution in [0.25, 0.3) is 0 Å². The van der Waals surface area contributed by atoms with Gasteiger partial charge in [-0.15, -0.1) is 0 Å². The number of nitrogens with one attached hydrogen (secondary N) is 2. The number of hydrogen-bond donors (Lipinski definition) is 2. The van der Waals surface area contributed by atoms with E-state index in [1.165, 1.54) is 16.8 Å². The van der Waals surface area contributed by atoms with Gasteiger partial charge in [-0.2, -0.15) is 0 Å². The minimum Gasteiger partial charge on any atom is -0.362 e. The summed E-state index contributed by atoms with van der Waals surface area (Å²) in [7, 11) is 0. The molecule has 1 saturated heterocycles. The lowest BCUT2D eigenvalue weighted by atomic mass is 10.0. The first-order valence-corrected chi connectivity index (χ1v) is 7.71. The van der Waals surface area contributed by atoms with Gasteiger partial charge in [-0.25, -0.2) is 0 Å². The molecule has 0 spiro atoms. The highest BCUT2D eigenvalue weighted by Gasteiger charge is 2.18. The minimum absolute atomic E-state index is 0.0805. The molecule has 1 aromatic rings. The van der Waals surface area contributed by atoms with Gasteiger partial charge in [-0.3, -0.25) is 4.79 Å². The van der Waals surface area contributed by atoms with Crippen molar-refractivity contribution in [3.8, 4) is 0 Å². The topological polar surface area (TPSA) is 44.4 Å². The van der Waals surface area contributed by atoms with Crippen LogP contribution in [0.4, 0.5) is 5.69 Å². The van der Waals surface area contributed by atoms with E-state index in [2.05, 4.69) is 61.4 Å². The van der Waals surface area contributed by atoms with E-state index in [-0.39, 0.29) is 11.4 Å². The smallest absolute Gasteiger partial charge is 0.239 e. The number of rotatable bonds is 3. The molecule has 1 fully saturated rings. The molecule has 0 radical (unpaired) electrons. The molecular formula is C17H27N3O. The van der Waals surface area contributed by atoms with Gasteiger partial charge in [0.2, 0.25) is 5.91 Å². The largest absolute Gasteiger partial charge is 0.362 e. The van der Waals surface area contributed by atoms with E-state index in [1.54, 1.807) is 0 Å². The first kappa shape index (κ1) is 15.8. The summed E-state index contributed by atoms with van der Waals surface area (Å²) < 4.78 is 0. The number of nitrogens with zero attached hydrogens (tertiary/aromatic N) is 1. The van der Waals surface area contributed by atoms with Crippen LogP contribution in [0.3, 0.4) is 0 Å². The second-order valence-corrected chi connectivity index (χ2v) is 6.86. The SMILES string of the molecule is Cc1ccc(N2CCCNC(=O)C2)c(CNC(C)(C)C)c1. The van der Waals surface area contributed by atoms with Crippen LogP contribution in [0.2, 0.25) is 0 Å². The fraction of sp³-hybridized carbons (Fsp3) is 0.588. The molecule has 1 aliphatic rings. The van der Waals surface area contributed by atoms with E-state index in [4.69, 9.17) is 0 Å². The van der Waals surface area contributed by atoms with Crippen LogP contribution in [-0.4, -0.2) is 31.1 Å². The fourth-order valence-corrected chi connectivity index (χ4v) is 2.54. The van der Waals surface area contributed by atoms with Crippen molar-refractivity contribution in [2.75, 3.05) is 24.5 Å². The third-order valence-corrected chi connectivity index (χ3v) is 3.65. The number of benzene rings is 1. The van der Waals surface area contributed by atoms with Crippen molar-refractivity contribution < 1.29 is 4.79 Å². The summed E-state index contributed by atoms with van der Waals surface area (Å²) in [6.07, 6.45) is 0.992. The molecule has 1 amide bonds. The zero-order chi connectivity index (χ0) is 15.5. The zero-order valence-electron chi connectivity index (χ0n) is 13.6. The number of anilines is 1. The molecule has 2 N–H and O–H groups in total. The second kappa shape index (κ2) is 6.48. The van der Waals surface area contributed by atoms with Crippen molar-refractivity contribution in [1.82, 2.24) is 10.6 Å². The third kappa shape index (κ3) is 4.74. The van der Waals surface area contributed by atoms with E-state index in [0.29, 0.717) is 6.54 Å². The molecule has 4 nitrogen and oxygen atoms in total. The van der Waals surface area contributed by atoms with E-state index in [9.17, 15) is 4.79 Å². The van der Waals surface area contributed by atoms with Crippen LogP contribution in [0.5, 0.6) is 0 Å². The second-order valence-electron chi connectivity index (χ2n) is 6.86. The number of aryl methyl sites for hydroxylation is 1. The number of hydrogen-bond acceptors (Lipinski definition) is 3. The Bertz CT molecular complexity index is 505. The molecule has 4 heteroatoms. The van der Waals surface area contributed by atoms with Crippen molar-refractivity contribution in [3.63, 3.8) is 0 Å². The third-order valence-electron chi connectivity index (χ3n) is 3.65. The molecule has 21 heavy (non-hydrogen) atoms. The summed E-state index contributed by atoms with van der Waals surface area (Å²) in [5.41, 5.74) is 3.77. The summed E-state index contributed by atoms with van der Waals surface area (Å²) in [5.74, 6) is 0.114. The lowest BCUT2D eigenvalue weighted by Crippen LogP contribution is -2.37. The monoisotopic (exact) mass is 289 g/mol. The Morgan fingerprint density at radius 1 is 1.33 bits per heavy atom. The Kier molecular flexibility index (Phi) is 4.88. The van der Waals surface area contributed by atoms with Crippen LogP contribution in [0, 0.1) is 6.92 Å². The van der Waals surface area contributed by atoms with Gasteiger partial charge >= 0.3 is 0 Å². The van der Waals surface area contributed by atoms with Crippen molar-refractivity contribution in [1.29, 1.82) is 0 Å². The molecule has 0 aliphatic carbocycles. The van der Waals surface area contributed by atoms with Gasteiger partial charge in [0.05, 0.1) is 6.54 Å². The molecule has 0 bridgehead atoms. The molecule has 1 aromatic carbocycles. The van der Waals surface area contributed by atoms with Crippen LogP contribution in [0.15, 0.2) is 18.2 Å². The highest BCUT2D eigenvalue weighted by atomic mass is 16.2. The summed E-state index contributed by atoms with van der Waals surface area (Å²) in [4.78, 5) is 14.0. The minimum atomic E-state index is 0.0805. The highest BCUT2D eigenvalue weighted by Crippen LogP contribution is 2.23. The molecule has 0 unspecified atom stereocenters. The summed E-state index contributed by atoms with van der Waals surface area (Å²) in [5, 5.41) is 6.48. The van der Waals surface area contributed by atoms with E-state index in [0.717, 1.165) is 26.1 Å². The molecular weight excluding hydrogens is 262 g/mol. The quantitative estimate of drug-likeness (QED) is 0.896. The highest BCUT2D eigenvalue weighted by molar-refractivity contribution is 5.82. The normalized spacial score (nSPS) is 16.6. The molecule has 0 aromatic heterocycles. The number of carbonyl (C=O) groups excluding carboxylic acids is 1.